The first kappa shape index (κ1) is 11.4. The van der Waals surface area contributed by atoms with Crippen LogP contribution in [0.4, 0.5) is 0 Å². The summed E-state index contributed by atoms with van der Waals surface area (Å²) in [4.78, 5) is 15.4. The number of rotatable bonds is 1. The summed E-state index contributed by atoms with van der Waals surface area (Å²) in [6.07, 6.45) is 0. The molecule has 3 rings (SSSR count). The molecule has 3 N–H and O–H groups in total. The summed E-state index contributed by atoms with van der Waals surface area (Å²) in [5.74, 6) is 0.150. The number of methoxy groups -OCH3 is 1. The molecule has 96 valence electrons. The molecule has 2 aromatic carbocycles. The molecule has 0 radical (unpaired) electrons. The van der Waals surface area contributed by atoms with Gasteiger partial charge in [0.2, 0.25) is 5.43 Å². The third-order valence-electron chi connectivity index (χ3n) is 3.09. The van der Waals surface area contributed by atoms with Crippen LogP contribution in [0, 0.1) is 0 Å². The second-order valence-electron chi connectivity index (χ2n) is 4.22. The van der Waals surface area contributed by atoms with Gasteiger partial charge in [-0.2, -0.15) is 0 Å². The molecular formula is C14H11NO4. The number of hydrogen-bond donors (Lipinski definition) is 3. The molecule has 0 aliphatic heterocycles. The zero-order valence-electron chi connectivity index (χ0n) is 10.1. The summed E-state index contributed by atoms with van der Waals surface area (Å²) in [5.41, 5.74) is 0.548. The Morgan fingerprint density at radius 3 is 2.53 bits per heavy atom. The smallest absolute Gasteiger partial charge is 0.204 e. The van der Waals surface area contributed by atoms with Gasteiger partial charge in [-0.05, 0) is 12.1 Å². The third kappa shape index (κ3) is 1.59. The highest BCUT2D eigenvalue weighted by atomic mass is 16.5. The minimum atomic E-state index is -0.415. The molecule has 5 heteroatoms. The Morgan fingerprint density at radius 1 is 1.05 bits per heavy atom. The van der Waals surface area contributed by atoms with Gasteiger partial charge in [-0.25, -0.2) is 0 Å². The quantitative estimate of drug-likeness (QED) is 0.583. The van der Waals surface area contributed by atoms with E-state index in [2.05, 4.69) is 4.98 Å². The van der Waals surface area contributed by atoms with Crippen molar-refractivity contribution in [3.63, 3.8) is 0 Å². The molecule has 19 heavy (non-hydrogen) atoms. The number of aromatic amines is 1. The lowest BCUT2D eigenvalue weighted by atomic mass is 10.1. The number of fused-ring (bicyclic) bond motifs is 2. The zero-order valence-corrected chi connectivity index (χ0v) is 10.1. The standard InChI is InChI=1S/C14H11NO4/c1-19-7-5-9-13(11(17)6-7)14(18)12-8(15-9)3-2-4-10(12)16/h2-6,16-17H,1H3,(H,15,18). The van der Waals surface area contributed by atoms with Gasteiger partial charge in [0.1, 0.15) is 17.2 Å². The van der Waals surface area contributed by atoms with Crippen LogP contribution in [0.5, 0.6) is 17.2 Å². The van der Waals surface area contributed by atoms with Gasteiger partial charge in [0.05, 0.1) is 28.9 Å². The lowest BCUT2D eigenvalue weighted by Gasteiger charge is -2.07. The lowest BCUT2D eigenvalue weighted by Crippen LogP contribution is -2.05. The van der Waals surface area contributed by atoms with Gasteiger partial charge in [-0.3, -0.25) is 4.79 Å². The van der Waals surface area contributed by atoms with E-state index in [4.69, 9.17) is 4.74 Å². The maximum absolute atomic E-state index is 12.3. The number of pyridine rings is 1. The van der Waals surface area contributed by atoms with Gasteiger partial charge in [0.15, 0.2) is 0 Å². The van der Waals surface area contributed by atoms with E-state index in [0.717, 1.165) is 0 Å². The normalized spacial score (nSPS) is 11.0. The molecule has 1 aromatic heterocycles. The van der Waals surface area contributed by atoms with Crippen LogP contribution in [0.15, 0.2) is 35.1 Å². The monoisotopic (exact) mass is 257 g/mol. The van der Waals surface area contributed by atoms with E-state index in [1.807, 2.05) is 0 Å². The summed E-state index contributed by atoms with van der Waals surface area (Å²) in [7, 11) is 1.48. The minimum Gasteiger partial charge on any atom is -0.507 e. The first-order valence-corrected chi connectivity index (χ1v) is 5.66. The Kier molecular flexibility index (Phi) is 2.35. The van der Waals surface area contributed by atoms with Crippen LogP contribution in [0.2, 0.25) is 0 Å². The average molecular weight is 257 g/mol. The van der Waals surface area contributed by atoms with E-state index in [1.165, 1.54) is 19.2 Å². The second kappa shape index (κ2) is 3.91. The van der Waals surface area contributed by atoms with Crippen molar-refractivity contribution in [2.75, 3.05) is 7.11 Å². The van der Waals surface area contributed by atoms with Gasteiger partial charge in [-0.1, -0.05) is 6.07 Å². The van der Waals surface area contributed by atoms with Gasteiger partial charge in [0, 0.05) is 12.1 Å². The topological polar surface area (TPSA) is 82.6 Å². The molecule has 0 atom stereocenters. The molecule has 5 nitrogen and oxygen atoms in total. The highest BCUT2D eigenvalue weighted by molar-refractivity contribution is 5.98. The second-order valence-corrected chi connectivity index (χ2v) is 4.22. The first-order valence-electron chi connectivity index (χ1n) is 5.66. The molecule has 0 saturated carbocycles. The molecule has 0 aliphatic carbocycles. The fourth-order valence-corrected chi connectivity index (χ4v) is 2.21. The number of ether oxygens (including phenoxy) is 1. The van der Waals surface area contributed by atoms with Crippen molar-refractivity contribution in [2.24, 2.45) is 0 Å². The van der Waals surface area contributed by atoms with E-state index in [9.17, 15) is 15.0 Å². The molecule has 0 amide bonds. The predicted octanol–water partition coefficient (Wildman–Crippen LogP) is 2.10. The van der Waals surface area contributed by atoms with Crippen LogP contribution >= 0.6 is 0 Å². The van der Waals surface area contributed by atoms with Crippen molar-refractivity contribution in [1.29, 1.82) is 0 Å². The Balaban J connectivity index is 2.58. The Bertz CT molecular complexity index is 851. The number of phenols is 2. The Hall–Kier alpha value is -2.69. The number of aromatic nitrogens is 1. The molecule has 0 aliphatic rings. The van der Waals surface area contributed by atoms with Gasteiger partial charge in [-0.15, -0.1) is 0 Å². The van der Waals surface area contributed by atoms with Crippen LogP contribution in [0.3, 0.4) is 0 Å². The fraction of sp³-hybridized carbons (Fsp3) is 0.0714. The molecule has 1 heterocycles. The number of hydrogen-bond acceptors (Lipinski definition) is 4. The summed E-state index contributed by atoms with van der Waals surface area (Å²) >= 11 is 0. The molecule has 3 aromatic rings. The highest BCUT2D eigenvalue weighted by Crippen LogP contribution is 2.30. The molecule has 0 bridgehead atoms. The van der Waals surface area contributed by atoms with E-state index < -0.39 is 5.43 Å². The highest BCUT2D eigenvalue weighted by Gasteiger charge is 2.13. The number of H-pyrrole nitrogens is 1. The summed E-state index contributed by atoms with van der Waals surface area (Å²) in [6.45, 7) is 0. The predicted molar refractivity (Wildman–Crippen MR) is 72.0 cm³/mol. The van der Waals surface area contributed by atoms with Gasteiger partial charge in [0.25, 0.3) is 0 Å². The van der Waals surface area contributed by atoms with Crippen molar-refractivity contribution in [3.05, 3.63) is 40.6 Å². The van der Waals surface area contributed by atoms with E-state index in [1.54, 1.807) is 18.2 Å². The maximum atomic E-state index is 12.3. The van der Waals surface area contributed by atoms with Gasteiger partial charge < -0.3 is 19.9 Å². The maximum Gasteiger partial charge on any atom is 0.204 e. The van der Waals surface area contributed by atoms with Crippen molar-refractivity contribution < 1.29 is 14.9 Å². The van der Waals surface area contributed by atoms with Crippen LogP contribution in [-0.4, -0.2) is 22.3 Å². The van der Waals surface area contributed by atoms with Crippen LogP contribution < -0.4 is 10.2 Å². The van der Waals surface area contributed by atoms with E-state index in [-0.39, 0.29) is 22.3 Å². The molecular weight excluding hydrogens is 246 g/mol. The SMILES string of the molecule is COc1cc(O)c2c(=O)c3c(O)cccc3[nH]c2c1. The summed E-state index contributed by atoms with van der Waals surface area (Å²) in [6, 6.07) is 7.75. The summed E-state index contributed by atoms with van der Waals surface area (Å²) < 4.78 is 5.05. The number of aromatic hydroxyl groups is 2. The minimum absolute atomic E-state index is 0.115. The van der Waals surface area contributed by atoms with Crippen LogP contribution in [-0.2, 0) is 0 Å². The molecule has 0 unspecified atom stereocenters. The number of benzene rings is 2. The third-order valence-corrected chi connectivity index (χ3v) is 3.09. The molecule has 0 saturated heterocycles. The average Bonchev–Trinajstić information content (AvgIpc) is 2.37. The first-order chi connectivity index (χ1) is 9.11. The van der Waals surface area contributed by atoms with Crippen molar-refractivity contribution in [3.8, 4) is 17.2 Å². The van der Waals surface area contributed by atoms with Crippen molar-refractivity contribution >= 4 is 21.8 Å². The Labute approximate surface area is 107 Å². The molecule has 0 fully saturated rings. The van der Waals surface area contributed by atoms with Crippen LogP contribution in [0.25, 0.3) is 21.8 Å². The lowest BCUT2D eigenvalue weighted by molar-refractivity contribution is 0.409. The zero-order chi connectivity index (χ0) is 13.6. The largest absolute Gasteiger partial charge is 0.507 e. The van der Waals surface area contributed by atoms with Crippen molar-refractivity contribution in [2.45, 2.75) is 0 Å². The van der Waals surface area contributed by atoms with Gasteiger partial charge >= 0.3 is 0 Å². The molecule has 0 spiro atoms. The van der Waals surface area contributed by atoms with Crippen LogP contribution in [0.1, 0.15) is 0 Å². The van der Waals surface area contributed by atoms with E-state index >= 15 is 0 Å². The summed E-state index contributed by atoms with van der Waals surface area (Å²) in [5, 5.41) is 20.0. The Morgan fingerprint density at radius 2 is 1.79 bits per heavy atom. The van der Waals surface area contributed by atoms with E-state index in [0.29, 0.717) is 16.8 Å². The number of nitrogens with one attached hydrogen (secondary N) is 1. The van der Waals surface area contributed by atoms with Crippen molar-refractivity contribution in [1.82, 2.24) is 4.98 Å². The number of phenolic OH excluding ortho intramolecular Hbond substituents is 2. The fourth-order valence-electron chi connectivity index (χ4n) is 2.21.